The van der Waals surface area contributed by atoms with Crippen molar-refractivity contribution in [3.63, 3.8) is 0 Å². The number of nitrogens with one attached hydrogen (secondary N) is 1. The molecule has 29 heavy (non-hydrogen) atoms. The second-order valence-electron chi connectivity index (χ2n) is 6.75. The van der Waals surface area contributed by atoms with Crippen molar-refractivity contribution in [2.24, 2.45) is 0 Å². The van der Waals surface area contributed by atoms with E-state index in [4.69, 9.17) is 9.47 Å². The van der Waals surface area contributed by atoms with E-state index in [1.807, 2.05) is 0 Å². The van der Waals surface area contributed by atoms with E-state index in [1.165, 1.54) is 0 Å². The molecule has 1 aromatic heterocycles. The number of carbonyl (C=O) groups is 4. The lowest BCUT2D eigenvalue weighted by Gasteiger charge is -2.10. The van der Waals surface area contributed by atoms with Crippen molar-refractivity contribution in [2.45, 2.75) is 25.0 Å². The SMILES string of the molecule is O=C1CC(Oc2ccc3[nH]c4ccc(OC5CC(=O)OC5=O)cc4c3c2)C(=O)O1. The van der Waals surface area contributed by atoms with Crippen molar-refractivity contribution in [3.05, 3.63) is 36.4 Å². The van der Waals surface area contributed by atoms with Crippen LogP contribution in [0.3, 0.4) is 0 Å². The van der Waals surface area contributed by atoms with E-state index in [-0.39, 0.29) is 12.8 Å². The van der Waals surface area contributed by atoms with Gasteiger partial charge in [-0.2, -0.15) is 0 Å². The van der Waals surface area contributed by atoms with Gasteiger partial charge in [-0.25, -0.2) is 9.59 Å². The van der Waals surface area contributed by atoms with Crippen LogP contribution in [0.4, 0.5) is 0 Å². The molecular weight excluding hydrogens is 382 g/mol. The third-order valence-corrected chi connectivity index (χ3v) is 4.76. The molecule has 0 spiro atoms. The van der Waals surface area contributed by atoms with Crippen LogP contribution < -0.4 is 9.47 Å². The fourth-order valence-electron chi connectivity index (χ4n) is 3.42. The zero-order valence-corrected chi connectivity index (χ0v) is 14.8. The highest BCUT2D eigenvalue weighted by Gasteiger charge is 2.36. The number of aromatic nitrogens is 1. The monoisotopic (exact) mass is 395 g/mol. The highest BCUT2D eigenvalue weighted by Crippen LogP contribution is 2.32. The summed E-state index contributed by atoms with van der Waals surface area (Å²) in [5.41, 5.74) is 1.65. The number of ether oxygens (including phenoxy) is 4. The molecule has 2 aromatic carbocycles. The van der Waals surface area contributed by atoms with Gasteiger partial charge in [-0.15, -0.1) is 0 Å². The van der Waals surface area contributed by atoms with Gasteiger partial charge in [0.1, 0.15) is 11.5 Å². The topological polar surface area (TPSA) is 121 Å². The summed E-state index contributed by atoms with van der Waals surface area (Å²) in [5.74, 6) is -1.82. The number of esters is 4. The van der Waals surface area contributed by atoms with Gasteiger partial charge in [-0.1, -0.05) is 0 Å². The number of hydrogen-bond donors (Lipinski definition) is 1. The Labute approximate surface area is 162 Å². The zero-order valence-electron chi connectivity index (χ0n) is 14.8. The third-order valence-electron chi connectivity index (χ3n) is 4.76. The molecule has 146 valence electrons. The van der Waals surface area contributed by atoms with Crippen LogP contribution in [0.15, 0.2) is 36.4 Å². The van der Waals surface area contributed by atoms with E-state index in [0.717, 1.165) is 21.8 Å². The van der Waals surface area contributed by atoms with Crippen LogP contribution in [0.2, 0.25) is 0 Å². The summed E-state index contributed by atoms with van der Waals surface area (Å²) in [7, 11) is 0. The molecule has 0 amide bonds. The first-order chi connectivity index (χ1) is 14.0. The number of hydrogen-bond acceptors (Lipinski definition) is 8. The molecule has 5 rings (SSSR count). The maximum Gasteiger partial charge on any atom is 0.355 e. The first-order valence-corrected chi connectivity index (χ1v) is 8.84. The molecule has 0 bridgehead atoms. The fourth-order valence-corrected chi connectivity index (χ4v) is 3.42. The maximum absolute atomic E-state index is 11.6. The Balaban J connectivity index is 1.46. The van der Waals surface area contributed by atoms with Gasteiger partial charge in [-0.3, -0.25) is 9.59 Å². The Hall–Kier alpha value is -3.88. The molecule has 9 nitrogen and oxygen atoms in total. The van der Waals surface area contributed by atoms with Crippen LogP contribution in [0.1, 0.15) is 12.8 Å². The molecule has 2 fully saturated rings. The predicted molar refractivity (Wildman–Crippen MR) is 96.1 cm³/mol. The number of rotatable bonds is 4. The van der Waals surface area contributed by atoms with E-state index in [0.29, 0.717) is 11.5 Å². The molecule has 0 radical (unpaired) electrons. The molecule has 3 heterocycles. The smallest absolute Gasteiger partial charge is 0.355 e. The van der Waals surface area contributed by atoms with Crippen molar-refractivity contribution < 1.29 is 38.1 Å². The molecule has 3 aromatic rings. The highest BCUT2D eigenvalue weighted by atomic mass is 16.6. The predicted octanol–water partition coefficient (Wildman–Crippen LogP) is 1.76. The van der Waals surface area contributed by atoms with Crippen LogP contribution in [0.25, 0.3) is 21.8 Å². The van der Waals surface area contributed by atoms with E-state index in [2.05, 4.69) is 14.5 Å². The Morgan fingerprint density at radius 1 is 0.724 bits per heavy atom. The van der Waals surface area contributed by atoms with Crippen LogP contribution in [-0.2, 0) is 28.7 Å². The number of H-pyrrole nitrogens is 1. The molecule has 0 aliphatic carbocycles. The molecule has 0 saturated carbocycles. The average molecular weight is 395 g/mol. The van der Waals surface area contributed by atoms with Gasteiger partial charge in [0.15, 0.2) is 0 Å². The van der Waals surface area contributed by atoms with E-state index in [9.17, 15) is 19.2 Å². The minimum absolute atomic E-state index is 0.126. The minimum Gasteiger partial charge on any atom is -0.478 e. The zero-order chi connectivity index (χ0) is 20.1. The Kier molecular flexibility index (Phi) is 3.76. The first kappa shape index (κ1) is 17.2. The van der Waals surface area contributed by atoms with Crippen LogP contribution in [0, 0.1) is 0 Å². The summed E-state index contributed by atoms with van der Waals surface area (Å²) in [6, 6.07) is 10.4. The lowest BCUT2D eigenvalue weighted by molar-refractivity contribution is -0.155. The van der Waals surface area contributed by atoms with Crippen LogP contribution >= 0.6 is 0 Å². The molecule has 2 aliphatic heterocycles. The third kappa shape index (κ3) is 3.06. The highest BCUT2D eigenvalue weighted by molar-refractivity contribution is 6.08. The quantitative estimate of drug-likeness (QED) is 0.524. The Bertz CT molecular complexity index is 1120. The summed E-state index contributed by atoms with van der Waals surface area (Å²) in [5, 5.41) is 1.59. The van der Waals surface area contributed by atoms with Gasteiger partial charge in [0.2, 0.25) is 12.2 Å². The van der Waals surface area contributed by atoms with Gasteiger partial charge in [0.05, 0.1) is 12.8 Å². The summed E-state index contributed by atoms with van der Waals surface area (Å²) >= 11 is 0. The number of fused-ring (bicyclic) bond motifs is 3. The van der Waals surface area contributed by atoms with Crippen molar-refractivity contribution in [1.82, 2.24) is 4.98 Å². The van der Waals surface area contributed by atoms with Gasteiger partial charge in [0, 0.05) is 21.8 Å². The summed E-state index contributed by atoms with van der Waals surface area (Å²) in [4.78, 5) is 48.9. The second-order valence-corrected chi connectivity index (χ2v) is 6.75. The van der Waals surface area contributed by atoms with Crippen molar-refractivity contribution in [2.75, 3.05) is 0 Å². The summed E-state index contributed by atoms with van der Waals surface area (Å²) in [6.45, 7) is 0. The van der Waals surface area contributed by atoms with Crippen molar-refractivity contribution >= 4 is 45.7 Å². The molecular formula is C20H13NO8. The number of carbonyl (C=O) groups excluding carboxylic acids is 4. The van der Waals surface area contributed by atoms with Gasteiger partial charge in [-0.05, 0) is 36.4 Å². The number of benzene rings is 2. The number of aromatic amines is 1. The van der Waals surface area contributed by atoms with Crippen LogP contribution in [-0.4, -0.2) is 41.1 Å². The Morgan fingerprint density at radius 3 is 1.55 bits per heavy atom. The summed E-state index contributed by atoms with van der Waals surface area (Å²) in [6.07, 6.45) is -2.18. The molecule has 1 N–H and O–H groups in total. The lowest BCUT2D eigenvalue weighted by atomic mass is 10.1. The van der Waals surface area contributed by atoms with E-state index >= 15 is 0 Å². The maximum atomic E-state index is 11.6. The van der Waals surface area contributed by atoms with Crippen molar-refractivity contribution in [1.29, 1.82) is 0 Å². The normalized spacial score (nSPS) is 21.7. The van der Waals surface area contributed by atoms with E-state index in [1.54, 1.807) is 36.4 Å². The molecule has 2 atom stereocenters. The van der Waals surface area contributed by atoms with Crippen molar-refractivity contribution in [3.8, 4) is 11.5 Å². The van der Waals surface area contributed by atoms with E-state index < -0.39 is 36.1 Å². The molecule has 2 saturated heterocycles. The lowest BCUT2D eigenvalue weighted by Crippen LogP contribution is -2.21. The number of cyclic esters (lactones) is 4. The molecule has 9 heteroatoms. The average Bonchev–Trinajstić information content (AvgIpc) is 3.30. The molecule has 2 aliphatic rings. The van der Waals surface area contributed by atoms with Gasteiger partial charge < -0.3 is 23.9 Å². The summed E-state index contributed by atoms with van der Waals surface area (Å²) < 4.78 is 20.2. The van der Waals surface area contributed by atoms with Gasteiger partial charge in [0.25, 0.3) is 0 Å². The molecule has 2 unspecified atom stereocenters. The minimum atomic E-state index is -0.963. The fraction of sp³-hybridized carbons (Fsp3) is 0.200. The second kappa shape index (κ2) is 6.33. The Morgan fingerprint density at radius 2 is 1.17 bits per heavy atom. The van der Waals surface area contributed by atoms with Crippen LogP contribution in [0.5, 0.6) is 11.5 Å². The first-order valence-electron chi connectivity index (χ1n) is 8.84. The standard InChI is InChI=1S/C20H13NO8/c22-17-7-15(19(24)28-17)26-9-1-3-13-11(5-9)12-6-10(2-4-14(12)21-13)27-16-8-18(23)29-20(16)25/h1-6,15-16,21H,7-8H2. The van der Waals surface area contributed by atoms with Gasteiger partial charge >= 0.3 is 23.9 Å². The largest absolute Gasteiger partial charge is 0.478 e.